The van der Waals surface area contributed by atoms with Crippen LogP contribution >= 0.6 is 0 Å². The van der Waals surface area contributed by atoms with Crippen molar-refractivity contribution in [2.75, 3.05) is 13.1 Å². The topological polar surface area (TPSA) is 159 Å². The Bertz CT molecular complexity index is 312. The van der Waals surface area contributed by atoms with Gasteiger partial charge in [-0.2, -0.15) is 0 Å². The van der Waals surface area contributed by atoms with Gasteiger partial charge in [-0.25, -0.2) is 0 Å². The van der Waals surface area contributed by atoms with Gasteiger partial charge >= 0.3 is 13.1 Å². The van der Waals surface area contributed by atoms with Crippen molar-refractivity contribution < 1.29 is 24.7 Å². The first-order chi connectivity index (χ1) is 8.69. The molecule has 19 heavy (non-hydrogen) atoms. The Balaban J connectivity index is 4.48. The second kappa shape index (κ2) is 8.10. The Kier molecular flexibility index (Phi) is 7.61. The van der Waals surface area contributed by atoms with Crippen LogP contribution in [-0.2, 0) is 9.59 Å². The Labute approximate surface area is 112 Å². The van der Waals surface area contributed by atoms with Gasteiger partial charge in [0.25, 0.3) is 0 Å². The Morgan fingerprint density at radius 1 is 1.42 bits per heavy atom. The summed E-state index contributed by atoms with van der Waals surface area (Å²) in [6, 6.07) is 0. The molecule has 0 aromatic carbocycles. The molecule has 0 aliphatic rings. The highest BCUT2D eigenvalue weighted by Crippen LogP contribution is 2.19. The summed E-state index contributed by atoms with van der Waals surface area (Å²) in [6.45, 7) is 1.42. The fraction of sp³-hybridized carbons (Fsp3) is 0.800. The molecule has 0 bridgehead atoms. The lowest BCUT2D eigenvalue weighted by Crippen LogP contribution is -2.48. The smallest absolute Gasteiger partial charge is 0.451 e. The first-order valence-corrected chi connectivity index (χ1v) is 6.04. The van der Waals surface area contributed by atoms with Gasteiger partial charge in [0.2, 0.25) is 5.91 Å². The molecule has 0 fully saturated rings. The average molecular weight is 275 g/mol. The lowest BCUT2D eigenvalue weighted by Gasteiger charge is -2.26. The van der Waals surface area contributed by atoms with E-state index in [9.17, 15) is 9.59 Å². The summed E-state index contributed by atoms with van der Waals surface area (Å²) in [4.78, 5) is 22.0. The molecule has 0 spiro atoms. The zero-order valence-corrected chi connectivity index (χ0v) is 11.0. The van der Waals surface area contributed by atoms with Crippen molar-refractivity contribution in [1.29, 1.82) is 0 Å². The van der Waals surface area contributed by atoms with Gasteiger partial charge in [-0.15, -0.1) is 0 Å². The minimum absolute atomic E-state index is 0.0822. The number of aliphatic carboxylic acids is 1. The maximum absolute atomic E-state index is 11.1. The van der Waals surface area contributed by atoms with Gasteiger partial charge in [-0.05, 0) is 25.6 Å². The first-order valence-electron chi connectivity index (χ1n) is 6.04. The van der Waals surface area contributed by atoms with Crippen molar-refractivity contribution >= 4 is 19.0 Å². The number of carboxylic acids is 1. The molecule has 8 nitrogen and oxygen atoms in total. The zero-order chi connectivity index (χ0) is 15.1. The van der Waals surface area contributed by atoms with E-state index in [2.05, 4.69) is 5.32 Å². The van der Waals surface area contributed by atoms with Crippen LogP contribution in [0.15, 0.2) is 0 Å². The van der Waals surface area contributed by atoms with Gasteiger partial charge in [0.1, 0.15) is 5.54 Å². The lowest BCUT2D eigenvalue weighted by molar-refractivity contribution is -0.143. The summed E-state index contributed by atoms with van der Waals surface area (Å²) in [6.07, 6.45) is 0.529. The Morgan fingerprint density at radius 3 is 2.42 bits per heavy atom. The monoisotopic (exact) mass is 275 g/mol. The maximum atomic E-state index is 11.1. The molecule has 0 heterocycles. The van der Waals surface area contributed by atoms with E-state index in [1.54, 1.807) is 0 Å². The summed E-state index contributed by atoms with van der Waals surface area (Å²) < 4.78 is 0. The Hall–Kier alpha value is -1.16. The summed E-state index contributed by atoms with van der Waals surface area (Å²) in [5.74, 6) is -1.78. The molecule has 8 N–H and O–H groups in total. The van der Waals surface area contributed by atoms with Crippen LogP contribution < -0.4 is 16.8 Å². The van der Waals surface area contributed by atoms with Crippen LogP contribution in [0.4, 0.5) is 0 Å². The maximum Gasteiger partial charge on any atom is 0.451 e. The molecule has 9 heteroatoms. The summed E-state index contributed by atoms with van der Waals surface area (Å²) in [5.41, 5.74) is 9.36. The Morgan fingerprint density at radius 2 is 2.00 bits per heavy atom. The SMILES string of the molecule is C[C@](N)(C[C@H](CCB(O)O)CNC(=O)CN)C(=O)O. The highest BCUT2D eigenvalue weighted by molar-refractivity contribution is 6.40. The third kappa shape index (κ3) is 7.78. The first kappa shape index (κ1) is 17.8. The molecule has 0 unspecified atom stereocenters. The van der Waals surface area contributed by atoms with E-state index in [0.717, 1.165) is 0 Å². The molecule has 1 amide bonds. The number of carbonyl (C=O) groups is 2. The van der Waals surface area contributed by atoms with E-state index in [1.165, 1.54) is 6.92 Å². The van der Waals surface area contributed by atoms with Crippen molar-refractivity contribution in [1.82, 2.24) is 5.32 Å². The fourth-order valence-corrected chi connectivity index (χ4v) is 1.68. The largest absolute Gasteiger partial charge is 0.480 e. The number of nitrogens with two attached hydrogens (primary N) is 2. The normalized spacial score (nSPS) is 15.4. The van der Waals surface area contributed by atoms with Crippen molar-refractivity contribution in [2.24, 2.45) is 17.4 Å². The number of hydrogen-bond donors (Lipinski definition) is 6. The molecule has 0 radical (unpaired) electrons. The molecule has 0 rings (SSSR count). The number of carbonyl (C=O) groups excluding carboxylic acids is 1. The zero-order valence-electron chi connectivity index (χ0n) is 11.0. The third-order valence-corrected chi connectivity index (χ3v) is 2.81. The van der Waals surface area contributed by atoms with Crippen LogP contribution in [0.3, 0.4) is 0 Å². The van der Waals surface area contributed by atoms with Gasteiger partial charge < -0.3 is 31.9 Å². The third-order valence-electron chi connectivity index (χ3n) is 2.81. The van der Waals surface area contributed by atoms with E-state index in [1.807, 2.05) is 0 Å². The van der Waals surface area contributed by atoms with E-state index in [0.29, 0.717) is 6.42 Å². The molecule has 0 aromatic rings. The molecule has 0 aliphatic heterocycles. The van der Waals surface area contributed by atoms with Crippen molar-refractivity contribution in [3.8, 4) is 0 Å². The quantitative estimate of drug-likeness (QED) is 0.259. The molecular weight excluding hydrogens is 253 g/mol. The van der Waals surface area contributed by atoms with Crippen molar-refractivity contribution in [3.05, 3.63) is 0 Å². The standard InChI is InChI=1S/C10H22BN3O5/c1-10(13,9(16)17)4-7(2-3-11(18)19)6-14-8(15)5-12/h7,18-19H,2-6,12-13H2,1H3,(H,14,15)(H,16,17)/t7-,10-/m0/s1. The predicted octanol–water partition coefficient (Wildman–Crippen LogP) is -2.27. The highest BCUT2D eigenvalue weighted by atomic mass is 16.4. The van der Waals surface area contributed by atoms with Crippen LogP contribution in [0.2, 0.25) is 6.32 Å². The minimum Gasteiger partial charge on any atom is -0.480 e. The van der Waals surface area contributed by atoms with Crippen molar-refractivity contribution in [3.63, 3.8) is 0 Å². The molecule has 2 atom stereocenters. The number of rotatable bonds is 9. The highest BCUT2D eigenvalue weighted by Gasteiger charge is 2.31. The number of hydrogen-bond acceptors (Lipinski definition) is 6. The van der Waals surface area contributed by atoms with Crippen LogP contribution in [0.25, 0.3) is 0 Å². The second-order valence-electron chi connectivity index (χ2n) is 4.86. The molecule has 0 aromatic heterocycles. The van der Waals surface area contributed by atoms with Crippen LogP contribution in [-0.4, -0.2) is 52.8 Å². The van der Waals surface area contributed by atoms with Gasteiger partial charge in [0.05, 0.1) is 6.54 Å². The predicted molar refractivity (Wildman–Crippen MR) is 70.0 cm³/mol. The molecule has 0 aliphatic carbocycles. The molecular formula is C10H22BN3O5. The molecule has 110 valence electrons. The average Bonchev–Trinajstić information content (AvgIpc) is 2.31. The van der Waals surface area contributed by atoms with E-state index in [-0.39, 0.29) is 37.7 Å². The summed E-state index contributed by atoms with van der Waals surface area (Å²) >= 11 is 0. The van der Waals surface area contributed by atoms with Gasteiger partial charge in [0, 0.05) is 6.54 Å². The molecule has 0 saturated carbocycles. The number of amides is 1. The van der Waals surface area contributed by atoms with Crippen LogP contribution in [0, 0.1) is 5.92 Å². The summed E-state index contributed by atoms with van der Waals surface area (Å²) in [5, 5.41) is 29.2. The van der Waals surface area contributed by atoms with Crippen molar-refractivity contribution in [2.45, 2.75) is 31.6 Å². The summed E-state index contributed by atoms with van der Waals surface area (Å²) in [7, 11) is -1.47. The van der Waals surface area contributed by atoms with Crippen LogP contribution in [0.5, 0.6) is 0 Å². The van der Waals surface area contributed by atoms with Gasteiger partial charge in [0.15, 0.2) is 0 Å². The fourth-order valence-electron chi connectivity index (χ4n) is 1.68. The lowest BCUT2D eigenvalue weighted by atomic mass is 9.77. The minimum atomic E-state index is -1.47. The number of carboxylic acid groups (broad SMARTS) is 1. The molecule has 0 saturated heterocycles. The van der Waals surface area contributed by atoms with E-state index in [4.69, 9.17) is 26.6 Å². The second-order valence-corrected chi connectivity index (χ2v) is 4.86. The van der Waals surface area contributed by atoms with Gasteiger partial charge in [-0.3, -0.25) is 9.59 Å². The van der Waals surface area contributed by atoms with E-state index >= 15 is 0 Å². The number of nitrogens with one attached hydrogen (secondary N) is 1. The van der Waals surface area contributed by atoms with Gasteiger partial charge in [-0.1, -0.05) is 6.42 Å². The van der Waals surface area contributed by atoms with Crippen LogP contribution in [0.1, 0.15) is 19.8 Å². The van der Waals surface area contributed by atoms with E-state index < -0.39 is 18.6 Å².